The van der Waals surface area contributed by atoms with E-state index in [0.29, 0.717) is 6.54 Å². The lowest BCUT2D eigenvalue weighted by Crippen LogP contribution is -2.46. The molecule has 2 atom stereocenters. The second kappa shape index (κ2) is 9.90. The van der Waals surface area contributed by atoms with Gasteiger partial charge in [0.25, 0.3) is 0 Å². The monoisotopic (exact) mass is 253 g/mol. The zero-order valence-electron chi connectivity index (χ0n) is 12.2. The summed E-state index contributed by atoms with van der Waals surface area (Å²) in [7, 11) is 0. The summed E-state index contributed by atoms with van der Waals surface area (Å²) in [5, 5.41) is 11.8. The molecule has 0 aliphatic heterocycles. The Labute approximate surface area is 111 Å². The maximum atomic E-state index is 11.9. The van der Waals surface area contributed by atoms with Crippen LogP contribution < -0.4 is 5.32 Å². The van der Waals surface area contributed by atoms with Gasteiger partial charge in [-0.2, -0.15) is 5.26 Å². The lowest BCUT2D eigenvalue weighted by atomic mass is 10.1. The number of unbranched alkanes of at least 4 members (excludes halogenated alkanes) is 2. The Morgan fingerprint density at radius 2 is 2.00 bits per heavy atom. The number of carbonyl (C=O) groups excluding carboxylic acids is 1. The summed E-state index contributed by atoms with van der Waals surface area (Å²) >= 11 is 0. The average Bonchev–Trinajstić information content (AvgIpc) is 2.39. The summed E-state index contributed by atoms with van der Waals surface area (Å²) in [6.45, 7) is 10.1. The standard InChI is InChI=1S/C14H27N3O/c1-5-7-8-9-16-14(18)13(4)17(6-2)11-12(3)10-15/h12-13H,5-9,11H2,1-4H3,(H,16,18). The van der Waals surface area contributed by atoms with E-state index in [1.807, 2.05) is 25.7 Å². The molecule has 0 rings (SSSR count). The van der Waals surface area contributed by atoms with Crippen LogP contribution in [0, 0.1) is 17.2 Å². The van der Waals surface area contributed by atoms with Crippen molar-refractivity contribution >= 4 is 5.91 Å². The first-order chi connectivity index (χ1) is 8.56. The van der Waals surface area contributed by atoms with E-state index in [1.165, 1.54) is 0 Å². The number of amides is 1. The number of hydrogen-bond donors (Lipinski definition) is 1. The van der Waals surface area contributed by atoms with Gasteiger partial charge >= 0.3 is 0 Å². The minimum absolute atomic E-state index is 0.0414. The van der Waals surface area contributed by atoms with Crippen LogP contribution in [0.25, 0.3) is 0 Å². The molecule has 2 unspecified atom stereocenters. The van der Waals surface area contributed by atoms with Crippen molar-refractivity contribution in [2.24, 2.45) is 5.92 Å². The fourth-order valence-corrected chi connectivity index (χ4v) is 1.85. The number of carbonyl (C=O) groups is 1. The van der Waals surface area contributed by atoms with Crippen molar-refractivity contribution < 1.29 is 4.79 Å². The van der Waals surface area contributed by atoms with Crippen LogP contribution in [0.1, 0.15) is 47.0 Å². The van der Waals surface area contributed by atoms with Gasteiger partial charge in [-0.1, -0.05) is 26.7 Å². The maximum Gasteiger partial charge on any atom is 0.237 e. The molecule has 4 heteroatoms. The molecule has 1 amide bonds. The van der Waals surface area contributed by atoms with Gasteiger partial charge in [-0.15, -0.1) is 0 Å². The topological polar surface area (TPSA) is 56.1 Å². The van der Waals surface area contributed by atoms with Crippen molar-refractivity contribution in [2.45, 2.75) is 53.0 Å². The second-order valence-corrected chi connectivity index (χ2v) is 4.79. The number of rotatable bonds is 9. The molecular formula is C14H27N3O. The molecule has 0 aromatic rings. The quantitative estimate of drug-likeness (QED) is 0.641. The van der Waals surface area contributed by atoms with E-state index in [0.717, 1.165) is 32.4 Å². The van der Waals surface area contributed by atoms with Crippen molar-refractivity contribution in [3.8, 4) is 6.07 Å². The molecule has 0 heterocycles. The molecule has 0 aromatic heterocycles. The second-order valence-electron chi connectivity index (χ2n) is 4.79. The molecule has 0 aliphatic rings. The van der Waals surface area contributed by atoms with Crippen LogP contribution in [0.5, 0.6) is 0 Å². The molecule has 0 bridgehead atoms. The first-order valence-electron chi connectivity index (χ1n) is 6.98. The highest BCUT2D eigenvalue weighted by Crippen LogP contribution is 2.04. The van der Waals surface area contributed by atoms with Gasteiger partial charge in [-0.25, -0.2) is 0 Å². The van der Waals surface area contributed by atoms with Crippen LogP contribution >= 0.6 is 0 Å². The Morgan fingerprint density at radius 3 is 2.50 bits per heavy atom. The summed E-state index contributed by atoms with van der Waals surface area (Å²) in [6, 6.07) is 2.05. The lowest BCUT2D eigenvalue weighted by Gasteiger charge is -2.27. The summed E-state index contributed by atoms with van der Waals surface area (Å²) in [4.78, 5) is 14.0. The van der Waals surface area contributed by atoms with Gasteiger partial charge in [-0.3, -0.25) is 9.69 Å². The highest BCUT2D eigenvalue weighted by Gasteiger charge is 2.20. The van der Waals surface area contributed by atoms with Crippen molar-refractivity contribution in [1.82, 2.24) is 10.2 Å². The van der Waals surface area contributed by atoms with Crippen molar-refractivity contribution in [3.63, 3.8) is 0 Å². The normalized spacial score (nSPS) is 14.0. The predicted molar refractivity (Wildman–Crippen MR) is 74.0 cm³/mol. The Bertz CT molecular complexity index is 273. The molecule has 0 saturated carbocycles. The third-order valence-corrected chi connectivity index (χ3v) is 3.14. The summed E-state index contributed by atoms with van der Waals surface area (Å²) < 4.78 is 0. The van der Waals surface area contributed by atoms with Gasteiger partial charge in [0.1, 0.15) is 0 Å². The number of nitrogens with zero attached hydrogens (tertiary/aromatic N) is 2. The van der Waals surface area contributed by atoms with Gasteiger partial charge in [0.15, 0.2) is 0 Å². The van der Waals surface area contributed by atoms with Crippen LogP contribution in [0.2, 0.25) is 0 Å². The first kappa shape index (κ1) is 16.9. The SMILES string of the molecule is CCCCCNC(=O)C(C)N(CC)CC(C)C#N. The van der Waals surface area contributed by atoms with E-state index in [4.69, 9.17) is 5.26 Å². The van der Waals surface area contributed by atoms with E-state index in [2.05, 4.69) is 18.3 Å². The molecule has 0 fully saturated rings. The van der Waals surface area contributed by atoms with Crippen LogP contribution in [-0.4, -0.2) is 36.5 Å². The molecule has 0 radical (unpaired) electrons. The molecule has 0 spiro atoms. The van der Waals surface area contributed by atoms with Crippen LogP contribution in [0.4, 0.5) is 0 Å². The number of nitriles is 1. The van der Waals surface area contributed by atoms with Gasteiger partial charge in [0.05, 0.1) is 18.0 Å². The highest BCUT2D eigenvalue weighted by molar-refractivity contribution is 5.81. The minimum Gasteiger partial charge on any atom is -0.355 e. The number of hydrogen-bond acceptors (Lipinski definition) is 3. The first-order valence-corrected chi connectivity index (χ1v) is 6.98. The van der Waals surface area contributed by atoms with Crippen molar-refractivity contribution in [1.29, 1.82) is 5.26 Å². The zero-order chi connectivity index (χ0) is 14.0. The Hall–Kier alpha value is -1.08. The Balaban J connectivity index is 4.11. The maximum absolute atomic E-state index is 11.9. The lowest BCUT2D eigenvalue weighted by molar-refractivity contribution is -0.125. The molecule has 0 aliphatic carbocycles. The minimum atomic E-state index is -0.160. The smallest absolute Gasteiger partial charge is 0.237 e. The van der Waals surface area contributed by atoms with E-state index in [9.17, 15) is 4.79 Å². The largest absolute Gasteiger partial charge is 0.355 e. The summed E-state index contributed by atoms with van der Waals surface area (Å²) in [6.07, 6.45) is 3.35. The predicted octanol–water partition coefficient (Wildman–Crippen LogP) is 2.16. The summed E-state index contributed by atoms with van der Waals surface area (Å²) in [5.74, 6) is 0.0263. The molecule has 18 heavy (non-hydrogen) atoms. The number of likely N-dealkylation sites (N-methyl/N-ethyl adjacent to an activating group) is 1. The van der Waals surface area contributed by atoms with E-state index < -0.39 is 0 Å². The van der Waals surface area contributed by atoms with E-state index in [-0.39, 0.29) is 17.9 Å². The van der Waals surface area contributed by atoms with E-state index >= 15 is 0 Å². The molecular weight excluding hydrogens is 226 g/mol. The van der Waals surface area contributed by atoms with Crippen molar-refractivity contribution in [3.05, 3.63) is 0 Å². The summed E-state index contributed by atoms with van der Waals surface area (Å²) in [5.41, 5.74) is 0. The molecule has 1 N–H and O–H groups in total. The molecule has 0 aromatic carbocycles. The molecule has 4 nitrogen and oxygen atoms in total. The van der Waals surface area contributed by atoms with Gasteiger partial charge in [-0.05, 0) is 26.8 Å². The van der Waals surface area contributed by atoms with Crippen LogP contribution in [-0.2, 0) is 4.79 Å². The van der Waals surface area contributed by atoms with Crippen LogP contribution in [0.15, 0.2) is 0 Å². The van der Waals surface area contributed by atoms with Crippen molar-refractivity contribution in [2.75, 3.05) is 19.6 Å². The molecule has 0 saturated heterocycles. The van der Waals surface area contributed by atoms with Gasteiger partial charge < -0.3 is 5.32 Å². The average molecular weight is 253 g/mol. The van der Waals surface area contributed by atoms with Gasteiger partial charge in [0.2, 0.25) is 5.91 Å². The molecule has 104 valence electrons. The third-order valence-electron chi connectivity index (χ3n) is 3.14. The zero-order valence-corrected chi connectivity index (χ0v) is 12.2. The van der Waals surface area contributed by atoms with E-state index in [1.54, 1.807) is 0 Å². The Kier molecular flexibility index (Phi) is 9.31. The Morgan fingerprint density at radius 1 is 1.33 bits per heavy atom. The fraction of sp³-hybridized carbons (Fsp3) is 0.857. The van der Waals surface area contributed by atoms with Gasteiger partial charge in [0, 0.05) is 13.1 Å². The fourth-order valence-electron chi connectivity index (χ4n) is 1.85. The third kappa shape index (κ3) is 6.61. The van der Waals surface area contributed by atoms with Crippen LogP contribution in [0.3, 0.4) is 0 Å². The highest BCUT2D eigenvalue weighted by atomic mass is 16.2. The number of nitrogens with one attached hydrogen (secondary N) is 1.